The van der Waals surface area contributed by atoms with Crippen LogP contribution in [0.5, 0.6) is 0 Å². The van der Waals surface area contributed by atoms with E-state index in [-0.39, 0.29) is 5.91 Å². The Kier molecular flexibility index (Phi) is 4.59. The van der Waals surface area contributed by atoms with Gasteiger partial charge >= 0.3 is 0 Å². The number of anilines is 1. The number of amides is 1. The number of nitrogens with one attached hydrogen (secondary N) is 1. The average Bonchev–Trinajstić information content (AvgIpc) is 2.80. The first-order valence-corrected chi connectivity index (χ1v) is 6.40. The number of carbonyl (C=O) groups excluding carboxylic acids is 1. The van der Waals surface area contributed by atoms with Gasteiger partial charge < -0.3 is 15.0 Å². The Balaban J connectivity index is 1.77. The molecule has 1 heterocycles. The van der Waals surface area contributed by atoms with Crippen molar-refractivity contribution in [2.24, 2.45) is 0 Å². The molecule has 2 rings (SSSR count). The third kappa shape index (κ3) is 3.23. The maximum absolute atomic E-state index is 11.6. The standard InChI is InChI=1S/C14H20N2O2/c1-18-11-8-15-14(17)7-10-16-9-6-12-4-2-3-5-13(12)16/h2-5H,6-11H2,1H3,(H,15,17). The number of nitrogens with zero attached hydrogens (tertiary/aromatic N) is 1. The summed E-state index contributed by atoms with van der Waals surface area (Å²) in [7, 11) is 1.63. The molecule has 0 spiro atoms. The van der Waals surface area contributed by atoms with Crippen LogP contribution in [-0.2, 0) is 16.0 Å². The van der Waals surface area contributed by atoms with Crippen LogP contribution >= 0.6 is 0 Å². The van der Waals surface area contributed by atoms with Gasteiger partial charge in [-0.1, -0.05) is 18.2 Å². The SMILES string of the molecule is COCCNC(=O)CCN1CCc2ccccc21. The number of para-hydroxylation sites is 1. The van der Waals surface area contributed by atoms with Gasteiger partial charge in [-0.2, -0.15) is 0 Å². The van der Waals surface area contributed by atoms with Crippen molar-refractivity contribution in [3.63, 3.8) is 0 Å². The van der Waals surface area contributed by atoms with Gasteiger partial charge in [-0.3, -0.25) is 4.79 Å². The third-order valence-electron chi connectivity index (χ3n) is 3.22. The zero-order chi connectivity index (χ0) is 12.8. The molecule has 0 saturated heterocycles. The third-order valence-corrected chi connectivity index (χ3v) is 3.22. The first-order valence-electron chi connectivity index (χ1n) is 6.40. The molecule has 98 valence electrons. The van der Waals surface area contributed by atoms with Gasteiger partial charge in [0.15, 0.2) is 0 Å². The van der Waals surface area contributed by atoms with E-state index in [0.29, 0.717) is 19.6 Å². The van der Waals surface area contributed by atoms with Gasteiger partial charge in [-0.25, -0.2) is 0 Å². The normalized spacial score (nSPS) is 13.5. The van der Waals surface area contributed by atoms with Gasteiger partial charge in [0.05, 0.1) is 6.61 Å². The van der Waals surface area contributed by atoms with Crippen LogP contribution < -0.4 is 10.2 Å². The quantitative estimate of drug-likeness (QED) is 0.769. The van der Waals surface area contributed by atoms with Gasteiger partial charge in [0.2, 0.25) is 5.91 Å². The van der Waals surface area contributed by atoms with E-state index in [0.717, 1.165) is 19.5 Å². The average molecular weight is 248 g/mol. The van der Waals surface area contributed by atoms with E-state index in [1.165, 1.54) is 11.3 Å². The molecule has 4 nitrogen and oxygen atoms in total. The lowest BCUT2D eigenvalue weighted by Gasteiger charge is -2.18. The smallest absolute Gasteiger partial charge is 0.221 e. The van der Waals surface area contributed by atoms with Crippen LogP contribution in [0.3, 0.4) is 0 Å². The molecule has 18 heavy (non-hydrogen) atoms. The minimum absolute atomic E-state index is 0.0939. The van der Waals surface area contributed by atoms with Crippen molar-refractivity contribution >= 4 is 11.6 Å². The van der Waals surface area contributed by atoms with Crippen LogP contribution in [0.25, 0.3) is 0 Å². The van der Waals surface area contributed by atoms with Gasteiger partial charge in [-0.05, 0) is 18.1 Å². The molecule has 0 fully saturated rings. The monoisotopic (exact) mass is 248 g/mol. The van der Waals surface area contributed by atoms with Crippen LogP contribution in [0.2, 0.25) is 0 Å². The Morgan fingerprint density at radius 2 is 2.28 bits per heavy atom. The summed E-state index contributed by atoms with van der Waals surface area (Å²) in [6.07, 6.45) is 1.62. The summed E-state index contributed by atoms with van der Waals surface area (Å²) < 4.78 is 4.89. The Hall–Kier alpha value is -1.55. The van der Waals surface area contributed by atoms with Crippen molar-refractivity contribution in [1.29, 1.82) is 0 Å². The molecule has 0 atom stereocenters. The van der Waals surface area contributed by atoms with Crippen molar-refractivity contribution in [2.75, 3.05) is 38.3 Å². The molecule has 1 N–H and O–H groups in total. The molecular weight excluding hydrogens is 228 g/mol. The van der Waals surface area contributed by atoms with Crippen LogP contribution in [0, 0.1) is 0 Å². The minimum Gasteiger partial charge on any atom is -0.383 e. The second kappa shape index (κ2) is 6.40. The summed E-state index contributed by atoms with van der Waals surface area (Å²) in [6, 6.07) is 8.41. The van der Waals surface area contributed by atoms with Crippen LogP contribution in [0.4, 0.5) is 5.69 Å². The molecule has 1 amide bonds. The second-order valence-electron chi connectivity index (χ2n) is 4.46. The lowest BCUT2D eigenvalue weighted by atomic mass is 10.2. The predicted octanol–water partition coefficient (Wildman–Crippen LogP) is 1.20. The number of carbonyl (C=O) groups is 1. The number of hydrogen-bond donors (Lipinski definition) is 1. The molecule has 0 aromatic heterocycles. The van der Waals surface area contributed by atoms with Crippen molar-refractivity contribution in [3.05, 3.63) is 29.8 Å². The molecule has 0 radical (unpaired) electrons. The Morgan fingerprint density at radius 1 is 1.44 bits per heavy atom. The number of rotatable bonds is 6. The van der Waals surface area contributed by atoms with Crippen molar-refractivity contribution in [2.45, 2.75) is 12.8 Å². The van der Waals surface area contributed by atoms with E-state index in [1.807, 2.05) is 0 Å². The highest BCUT2D eigenvalue weighted by atomic mass is 16.5. The number of fused-ring (bicyclic) bond motifs is 1. The maximum Gasteiger partial charge on any atom is 0.221 e. The molecular formula is C14H20N2O2. The summed E-state index contributed by atoms with van der Waals surface area (Å²) in [6.45, 7) is 2.96. The van der Waals surface area contributed by atoms with Crippen LogP contribution in [0.15, 0.2) is 24.3 Å². The van der Waals surface area contributed by atoms with E-state index in [4.69, 9.17) is 4.74 Å². The Labute approximate surface area is 108 Å². The second-order valence-corrected chi connectivity index (χ2v) is 4.46. The molecule has 0 unspecified atom stereocenters. The summed E-state index contributed by atoms with van der Waals surface area (Å²) in [5.74, 6) is 0.0939. The van der Waals surface area contributed by atoms with Gasteiger partial charge in [0.25, 0.3) is 0 Å². The summed E-state index contributed by atoms with van der Waals surface area (Å²) in [5, 5.41) is 2.84. The fraction of sp³-hybridized carbons (Fsp3) is 0.500. The number of hydrogen-bond acceptors (Lipinski definition) is 3. The number of benzene rings is 1. The van der Waals surface area contributed by atoms with Crippen molar-refractivity contribution < 1.29 is 9.53 Å². The predicted molar refractivity (Wildman–Crippen MR) is 71.9 cm³/mol. The Bertz CT molecular complexity index is 407. The van der Waals surface area contributed by atoms with E-state index in [9.17, 15) is 4.79 Å². The Morgan fingerprint density at radius 3 is 3.11 bits per heavy atom. The maximum atomic E-state index is 11.6. The van der Waals surface area contributed by atoms with Crippen molar-refractivity contribution in [3.8, 4) is 0 Å². The molecule has 1 aliphatic heterocycles. The zero-order valence-corrected chi connectivity index (χ0v) is 10.8. The lowest BCUT2D eigenvalue weighted by molar-refractivity contribution is -0.121. The first kappa shape index (κ1) is 12.9. The highest BCUT2D eigenvalue weighted by Crippen LogP contribution is 2.27. The summed E-state index contributed by atoms with van der Waals surface area (Å²) >= 11 is 0. The lowest BCUT2D eigenvalue weighted by Crippen LogP contribution is -2.31. The molecule has 1 aliphatic rings. The minimum atomic E-state index is 0.0939. The van der Waals surface area contributed by atoms with Crippen LogP contribution in [-0.4, -0.2) is 39.3 Å². The topological polar surface area (TPSA) is 41.6 Å². The number of methoxy groups -OCH3 is 1. The molecule has 0 bridgehead atoms. The first-order chi connectivity index (χ1) is 8.81. The fourth-order valence-corrected chi connectivity index (χ4v) is 2.26. The van der Waals surface area contributed by atoms with E-state index < -0.39 is 0 Å². The number of ether oxygens (including phenoxy) is 1. The van der Waals surface area contributed by atoms with Crippen molar-refractivity contribution in [1.82, 2.24) is 5.32 Å². The summed E-state index contributed by atoms with van der Waals surface area (Å²) in [5.41, 5.74) is 2.67. The molecule has 0 aliphatic carbocycles. The molecule has 0 saturated carbocycles. The highest BCUT2D eigenvalue weighted by Gasteiger charge is 2.18. The van der Waals surface area contributed by atoms with E-state index in [2.05, 4.69) is 34.5 Å². The van der Waals surface area contributed by atoms with Gasteiger partial charge in [0.1, 0.15) is 0 Å². The summed E-state index contributed by atoms with van der Waals surface area (Å²) in [4.78, 5) is 13.9. The van der Waals surface area contributed by atoms with Gasteiger partial charge in [-0.15, -0.1) is 0 Å². The molecule has 4 heteroatoms. The van der Waals surface area contributed by atoms with E-state index in [1.54, 1.807) is 7.11 Å². The molecule has 1 aromatic rings. The highest BCUT2D eigenvalue weighted by molar-refractivity contribution is 5.76. The van der Waals surface area contributed by atoms with Gasteiger partial charge in [0, 0.05) is 38.9 Å². The van der Waals surface area contributed by atoms with Crippen LogP contribution in [0.1, 0.15) is 12.0 Å². The molecule has 1 aromatic carbocycles. The zero-order valence-electron chi connectivity index (χ0n) is 10.8. The fourth-order valence-electron chi connectivity index (χ4n) is 2.26. The largest absolute Gasteiger partial charge is 0.383 e. The van der Waals surface area contributed by atoms with E-state index >= 15 is 0 Å².